The molecule has 36 heavy (non-hydrogen) atoms. The zero-order chi connectivity index (χ0) is 25.1. The highest BCUT2D eigenvalue weighted by atomic mass is 16.5. The van der Waals surface area contributed by atoms with Gasteiger partial charge >= 0.3 is 6.03 Å². The Morgan fingerprint density at radius 3 is 2.56 bits per heavy atom. The third-order valence-electron chi connectivity index (χ3n) is 7.05. The Bertz CT molecular complexity index is 1160. The van der Waals surface area contributed by atoms with Crippen LogP contribution in [-0.4, -0.2) is 79.4 Å². The van der Waals surface area contributed by atoms with E-state index in [2.05, 4.69) is 26.2 Å². The first kappa shape index (κ1) is 24.2. The minimum absolute atomic E-state index is 0.238. The van der Waals surface area contributed by atoms with Crippen LogP contribution in [0.2, 0.25) is 0 Å². The van der Waals surface area contributed by atoms with E-state index in [0.29, 0.717) is 42.4 Å². The van der Waals surface area contributed by atoms with Gasteiger partial charge in [0.15, 0.2) is 0 Å². The van der Waals surface area contributed by atoms with Gasteiger partial charge in [0.25, 0.3) is 5.91 Å². The van der Waals surface area contributed by atoms with E-state index in [1.54, 1.807) is 11.9 Å². The summed E-state index contributed by atoms with van der Waals surface area (Å²) in [6.45, 7) is 6.20. The minimum atomic E-state index is -0.284. The van der Waals surface area contributed by atoms with Crippen LogP contribution in [0.25, 0.3) is 0 Å². The molecule has 2 aliphatic heterocycles. The molecule has 2 fully saturated rings. The van der Waals surface area contributed by atoms with Gasteiger partial charge in [0.1, 0.15) is 18.4 Å². The largest absolute Gasteiger partial charge is 0.492 e. The molecule has 1 aromatic carbocycles. The van der Waals surface area contributed by atoms with Crippen LogP contribution in [0.1, 0.15) is 46.1 Å². The molecule has 0 spiro atoms. The van der Waals surface area contributed by atoms with Crippen molar-refractivity contribution >= 4 is 17.6 Å². The van der Waals surface area contributed by atoms with Gasteiger partial charge in [0.2, 0.25) is 0 Å². The predicted octanol–water partition coefficient (Wildman–Crippen LogP) is 2.36. The molecule has 190 valence electrons. The number of benzene rings is 1. The van der Waals surface area contributed by atoms with Gasteiger partial charge in [-0.2, -0.15) is 5.26 Å². The lowest BCUT2D eigenvalue weighted by atomic mass is 10.1. The monoisotopic (exact) mass is 492 g/mol. The Morgan fingerprint density at radius 1 is 1.14 bits per heavy atom. The third-order valence-corrected chi connectivity index (χ3v) is 7.05. The lowest BCUT2D eigenvalue weighted by Crippen LogP contribution is -2.41. The normalized spacial score (nSPS) is 17.7. The van der Waals surface area contributed by atoms with Gasteiger partial charge in [-0.25, -0.2) is 4.79 Å². The van der Waals surface area contributed by atoms with Gasteiger partial charge in [-0.15, -0.1) is 0 Å². The van der Waals surface area contributed by atoms with E-state index in [1.807, 2.05) is 24.3 Å². The first-order valence-corrected chi connectivity index (χ1v) is 12.6. The second kappa shape index (κ2) is 10.6. The van der Waals surface area contributed by atoms with Crippen molar-refractivity contribution in [2.45, 2.75) is 31.8 Å². The van der Waals surface area contributed by atoms with E-state index in [4.69, 9.17) is 9.47 Å². The van der Waals surface area contributed by atoms with Crippen molar-refractivity contribution in [2.24, 2.45) is 0 Å². The Morgan fingerprint density at radius 2 is 1.89 bits per heavy atom. The molecule has 2 aromatic rings. The summed E-state index contributed by atoms with van der Waals surface area (Å²) in [7, 11) is 1.56. The fourth-order valence-corrected chi connectivity index (χ4v) is 4.98. The fourth-order valence-electron chi connectivity index (χ4n) is 4.98. The zero-order valence-electron chi connectivity index (χ0n) is 20.6. The lowest BCUT2D eigenvalue weighted by Gasteiger charge is -2.30. The number of anilines is 1. The Kier molecular flexibility index (Phi) is 7.11. The fraction of sp³-hybridized carbons (Fsp3) is 0.500. The number of nitrogens with zero attached hydrogens (tertiary/aromatic N) is 4. The summed E-state index contributed by atoms with van der Waals surface area (Å²) in [5, 5.41) is 15.4. The number of hydrogen-bond donors (Lipinski definition) is 2. The molecule has 0 radical (unpaired) electrons. The predicted molar refractivity (Wildman–Crippen MR) is 133 cm³/mol. The number of nitriles is 1. The first-order valence-electron chi connectivity index (χ1n) is 12.6. The van der Waals surface area contributed by atoms with E-state index < -0.39 is 0 Å². The summed E-state index contributed by atoms with van der Waals surface area (Å²) in [6.07, 6.45) is 2.06. The second-order valence-electron chi connectivity index (χ2n) is 9.38. The summed E-state index contributed by atoms with van der Waals surface area (Å²) in [5.41, 5.74) is 3.22. The van der Waals surface area contributed by atoms with Gasteiger partial charge in [0.05, 0.1) is 36.6 Å². The Balaban J connectivity index is 1.21. The number of morpholine rings is 1. The van der Waals surface area contributed by atoms with E-state index in [0.717, 1.165) is 62.8 Å². The average Bonchev–Trinajstić information content (AvgIpc) is 3.70. The molecular formula is C26H32N6O4. The summed E-state index contributed by atoms with van der Waals surface area (Å²) < 4.78 is 13.3. The van der Waals surface area contributed by atoms with E-state index in [1.165, 1.54) is 0 Å². The topological polar surface area (TPSA) is 112 Å². The SMILES string of the molecule is CNC(=O)c1c(C#N)c(C2CC2)n2c1CN(C(=O)Nc1ccc(OCCN3CCOCC3)cc1)CC2. The second-order valence-corrected chi connectivity index (χ2v) is 9.38. The molecule has 0 bridgehead atoms. The molecule has 1 aliphatic carbocycles. The van der Waals surface area contributed by atoms with Gasteiger partial charge in [-0.1, -0.05) is 0 Å². The molecule has 0 atom stereocenters. The summed E-state index contributed by atoms with van der Waals surface area (Å²) in [5.74, 6) is 0.796. The summed E-state index contributed by atoms with van der Waals surface area (Å²) >= 11 is 0. The number of nitrogens with one attached hydrogen (secondary N) is 2. The van der Waals surface area contributed by atoms with E-state index >= 15 is 0 Å². The van der Waals surface area contributed by atoms with Crippen molar-refractivity contribution in [3.05, 3.63) is 46.8 Å². The molecule has 3 amide bonds. The molecule has 10 nitrogen and oxygen atoms in total. The van der Waals surface area contributed by atoms with Gasteiger partial charge in [-0.05, 0) is 37.1 Å². The molecule has 3 heterocycles. The molecule has 1 saturated heterocycles. The molecule has 0 unspecified atom stereocenters. The average molecular weight is 493 g/mol. The number of amides is 3. The van der Waals surface area contributed by atoms with Crippen LogP contribution in [0.5, 0.6) is 5.75 Å². The molecule has 5 rings (SSSR count). The van der Waals surface area contributed by atoms with Crippen LogP contribution in [0, 0.1) is 11.3 Å². The van der Waals surface area contributed by atoms with E-state index in [9.17, 15) is 14.9 Å². The molecule has 1 aromatic heterocycles. The lowest BCUT2D eigenvalue weighted by molar-refractivity contribution is 0.0322. The highest BCUT2D eigenvalue weighted by molar-refractivity contribution is 5.99. The van der Waals surface area contributed by atoms with Crippen molar-refractivity contribution in [3.8, 4) is 11.8 Å². The third kappa shape index (κ3) is 5.03. The maximum absolute atomic E-state index is 13.1. The van der Waals surface area contributed by atoms with Crippen LogP contribution in [0.4, 0.5) is 10.5 Å². The summed E-state index contributed by atoms with van der Waals surface area (Å²) in [4.78, 5) is 29.7. The quantitative estimate of drug-likeness (QED) is 0.614. The van der Waals surface area contributed by atoms with Crippen molar-refractivity contribution in [1.82, 2.24) is 19.7 Å². The van der Waals surface area contributed by atoms with Crippen molar-refractivity contribution in [2.75, 3.05) is 58.4 Å². The van der Waals surface area contributed by atoms with Crippen LogP contribution in [0.3, 0.4) is 0 Å². The maximum Gasteiger partial charge on any atom is 0.322 e. The van der Waals surface area contributed by atoms with Crippen LogP contribution < -0.4 is 15.4 Å². The number of aromatic nitrogens is 1. The highest BCUT2D eigenvalue weighted by Crippen LogP contribution is 2.45. The van der Waals surface area contributed by atoms with E-state index in [-0.39, 0.29) is 18.5 Å². The van der Waals surface area contributed by atoms with Gasteiger partial charge in [0, 0.05) is 57.1 Å². The van der Waals surface area contributed by atoms with Crippen LogP contribution >= 0.6 is 0 Å². The molecule has 10 heteroatoms. The number of rotatable bonds is 7. The molecular weight excluding hydrogens is 460 g/mol. The smallest absolute Gasteiger partial charge is 0.322 e. The molecule has 2 N–H and O–H groups in total. The van der Waals surface area contributed by atoms with Gasteiger partial charge in [-0.3, -0.25) is 9.69 Å². The number of carbonyl (C=O) groups is 2. The Hall–Kier alpha value is -3.55. The van der Waals surface area contributed by atoms with Crippen molar-refractivity contribution in [3.63, 3.8) is 0 Å². The number of carbonyl (C=O) groups excluding carboxylic acids is 2. The number of ether oxygens (including phenoxy) is 2. The van der Waals surface area contributed by atoms with Crippen molar-refractivity contribution in [1.29, 1.82) is 5.26 Å². The molecule has 1 saturated carbocycles. The maximum atomic E-state index is 13.1. The highest BCUT2D eigenvalue weighted by Gasteiger charge is 2.38. The van der Waals surface area contributed by atoms with Crippen LogP contribution in [0.15, 0.2) is 24.3 Å². The number of urea groups is 1. The number of fused-ring (bicyclic) bond motifs is 1. The molecule has 3 aliphatic rings. The number of hydrogen-bond acceptors (Lipinski definition) is 6. The summed E-state index contributed by atoms with van der Waals surface area (Å²) in [6, 6.07) is 9.36. The standard InChI is InChI=1S/C26H32N6O4/c1-28-25(33)23-21(16-27)24(18-2-3-18)32-9-8-31(17-22(23)32)26(34)29-19-4-6-20(7-5-19)36-15-12-30-10-13-35-14-11-30/h4-7,18H,2-3,8-15,17H2,1H3,(H,28,33)(H,29,34). The van der Waals surface area contributed by atoms with Crippen LogP contribution in [-0.2, 0) is 17.8 Å². The zero-order valence-corrected chi connectivity index (χ0v) is 20.6. The minimum Gasteiger partial charge on any atom is -0.492 e. The van der Waals surface area contributed by atoms with Crippen molar-refractivity contribution < 1.29 is 19.1 Å². The Labute approximate surface area is 210 Å². The van der Waals surface area contributed by atoms with Gasteiger partial charge < -0.3 is 29.6 Å². The first-order chi connectivity index (χ1) is 17.6.